The highest BCUT2D eigenvalue weighted by atomic mass is 16.5. The number of amides is 1. The molecule has 1 aliphatic heterocycles. The van der Waals surface area contributed by atoms with Gasteiger partial charge in [0, 0.05) is 23.6 Å². The molecule has 1 amide bonds. The van der Waals surface area contributed by atoms with Gasteiger partial charge in [-0.2, -0.15) is 0 Å². The lowest BCUT2D eigenvalue weighted by atomic mass is 9.89. The Kier molecular flexibility index (Phi) is 5.85. The molecule has 0 saturated heterocycles. The molecule has 0 aliphatic carbocycles. The lowest BCUT2D eigenvalue weighted by molar-refractivity contribution is 0.0617. The van der Waals surface area contributed by atoms with Gasteiger partial charge in [0.25, 0.3) is 5.91 Å². The fourth-order valence-corrected chi connectivity index (χ4v) is 3.80. The van der Waals surface area contributed by atoms with Crippen LogP contribution in [0, 0.1) is 0 Å². The molecule has 4 rings (SSSR count). The summed E-state index contributed by atoms with van der Waals surface area (Å²) in [7, 11) is 1.63. The van der Waals surface area contributed by atoms with Crippen molar-refractivity contribution in [2.45, 2.75) is 38.5 Å². The van der Waals surface area contributed by atoms with Crippen LogP contribution in [0.5, 0.6) is 17.2 Å². The summed E-state index contributed by atoms with van der Waals surface area (Å²) in [5.41, 5.74) is 2.18. The lowest BCUT2D eigenvalue weighted by Crippen LogP contribution is -2.41. The van der Waals surface area contributed by atoms with E-state index in [1.54, 1.807) is 19.2 Å². The minimum absolute atomic E-state index is 0.144. The van der Waals surface area contributed by atoms with E-state index in [1.165, 1.54) is 0 Å². The topological polar surface area (TPSA) is 56.8 Å². The van der Waals surface area contributed by atoms with E-state index in [-0.39, 0.29) is 11.9 Å². The van der Waals surface area contributed by atoms with Crippen molar-refractivity contribution in [3.8, 4) is 17.2 Å². The predicted octanol–water partition coefficient (Wildman–Crippen LogP) is 5.31. The molecule has 1 N–H and O–H groups in total. The molecule has 1 unspecified atom stereocenters. The molecule has 1 aliphatic rings. The molecular formula is C26H27NO4. The van der Waals surface area contributed by atoms with Crippen LogP contribution in [0.3, 0.4) is 0 Å². The second kappa shape index (κ2) is 8.72. The zero-order valence-electron chi connectivity index (χ0n) is 18.1. The van der Waals surface area contributed by atoms with Gasteiger partial charge in [0.1, 0.15) is 29.5 Å². The largest absolute Gasteiger partial charge is 0.497 e. The van der Waals surface area contributed by atoms with E-state index in [4.69, 9.17) is 14.2 Å². The molecule has 0 aromatic heterocycles. The summed E-state index contributed by atoms with van der Waals surface area (Å²) in [4.78, 5) is 13.1. The van der Waals surface area contributed by atoms with E-state index in [9.17, 15) is 4.79 Å². The highest BCUT2D eigenvalue weighted by Crippen LogP contribution is 2.41. The first-order valence-electron chi connectivity index (χ1n) is 10.4. The number of carbonyl (C=O) groups excluding carboxylic acids is 1. The third-order valence-electron chi connectivity index (χ3n) is 5.33. The monoisotopic (exact) mass is 417 g/mol. The van der Waals surface area contributed by atoms with Crippen LogP contribution in [0.4, 0.5) is 0 Å². The maximum atomic E-state index is 13.1. The van der Waals surface area contributed by atoms with Crippen LogP contribution >= 0.6 is 0 Å². The van der Waals surface area contributed by atoms with Crippen molar-refractivity contribution in [1.82, 2.24) is 5.32 Å². The molecule has 160 valence electrons. The van der Waals surface area contributed by atoms with Crippen molar-refractivity contribution in [2.24, 2.45) is 0 Å². The van der Waals surface area contributed by atoms with Crippen LogP contribution in [0.15, 0.2) is 72.8 Å². The summed E-state index contributed by atoms with van der Waals surface area (Å²) in [5, 5.41) is 3.17. The van der Waals surface area contributed by atoms with Crippen LogP contribution in [0.2, 0.25) is 0 Å². The Morgan fingerprint density at radius 2 is 1.84 bits per heavy atom. The van der Waals surface area contributed by atoms with Gasteiger partial charge in [-0.3, -0.25) is 4.79 Å². The van der Waals surface area contributed by atoms with Gasteiger partial charge in [-0.15, -0.1) is 0 Å². The van der Waals surface area contributed by atoms with Crippen LogP contribution < -0.4 is 19.5 Å². The molecule has 0 spiro atoms. The minimum atomic E-state index is -0.405. The van der Waals surface area contributed by atoms with Crippen LogP contribution in [-0.2, 0) is 6.61 Å². The Labute approximate surface area is 183 Å². The molecule has 5 nitrogen and oxygen atoms in total. The third-order valence-corrected chi connectivity index (χ3v) is 5.33. The van der Waals surface area contributed by atoms with Crippen LogP contribution in [-0.4, -0.2) is 18.6 Å². The molecule has 0 fully saturated rings. The Balaban J connectivity index is 1.49. The second-order valence-corrected chi connectivity index (χ2v) is 8.30. The van der Waals surface area contributed by atoms with Crippen molar-refractivity contribution in [3.63, 3.8) is 0 Å². The zero-order valence-corrected chi connectivity index (χ0v) is 18.1. The second-order valence-electron chi connectivity index (χ2n) is 8.30. The fraction of sp³-hybridized carbons (Fsp3) is 0.269. The van der Waals surface area contributed by atoms with Crippen molar-refractivity contribution < 1.29 is 19.0 Å². The normalized spacial score (nSPS) is 16.5. The number of hydrogen-bond acceptors (Lipinski definition) is 4. The van der Waals surface area contributed by atoms with Gasteiger partial charge in [-0.1, -0.05) is 36.4 Å². The first-order chi connectivity index (χ1) is 14.9. The van der Waals surface area contributed by atoms with Gasteiger partial charge in [0.2, 0.25) is 0 Å². The zero-order chi connectivity index (χ0) is 21.8. The number of methoxy groups -OCH3 is 1. The Morgan fingerprint density at radius 1 is 1.03 bits per heavy atom. The van der Waals surface area contributed by atoms with Crippen molar-refractivity contribution >= 4 is 5.91 Å². The first kappa shape index (κ1) is 20.8. The SMILES string of the molecule is COc1ccc2c(c1)OC(C)(C)CC2NC(=O)c1cccc(OCc2ccccc2)c1. The van der Waals surface area contributed by atoms with Crippen LogP contribution in [0.25, 0.3) is 0 Å². The van der Waals surface area contributed by atoms with Gasteiger partial charge < -0.3 is 19.5 Å². The van der Waals surface area contributed by atoms with Crippen molar-refractivity contribution in [3.05, 3.63) is 89.5 Å². The van der Waals surface area contributed by atoms with E-state index in [0.29, 0.717) is 24.3 Å². The highest BCUT2D eigenvalue weighted by Gasteiger charge is 2.35. The molecule has 0 saturated carbocycles. The van der Waals surface area contributed by atoms with Gasteiger partial charge in [0.15, 0.2) is 0 Å². The van der Waals surface area contributed by atoms with Gasteiger partial charge in [0.05, 0.1) is 13.2 Å². The molecule has 0 radical (unpaired) electrons. The van der Waals surface area contributed by atoms with E-state index in [1.807, 2.05) is 74.5 Å². The lowest BCUT2D eigenvalue weighted by Gasteiger charge is -2.38. The van der Waals surface area contributed by atoms with Gasteiger partial charge in [-0.25, -0.2) is 0 Å². The first-order valence-corrected chi connectivity index (χ1v) is 10.4. The molecular weight excluding hydrogens is 390 g/mol. The van der Waals surface area contributed by atoms with E-state index in [2.05, 4.69) is 5.32 Å². The number of nitrogens with one attached hydrogen (secondary N) is 1. The number of benzene rings is 3. The Morgan fingerprint density at radius 3 is 2.61 bits per heavy atom. The molecule has 1 atom stereocenters. The summed E-state index contributed by atoms with van der Waals surface area (Å²) in [6.45, 7) is 4.49. The summed E-state index contributed by atoms with van der Waals surface area (Å²) in [6.07, 6.45) is 0.669. The highest BCUT2D eigenvalue weighted by molar-refractivity contribution is 5.94. The molecule has 1 heterocycles. The van der Waals surface area contributed by atoms with Crippen LogP contribution in [0.1, 0.15) is 47.8 Å². The number of fused-ring (bicyclic) bond motifs is 1. The molecule has 5 heteroatoms. The van der Waals surface area contributed by atoms with E-state index < -0.39 is 5.60 Å². The smallest absolute Gasteiger partial charge is 0.251 e. The third kappa shape index (κ3) is 5.00. The van der Waals surface area contributed by atoms with Crippen molar-refractivity contribution in [1.29, 1.82) is 0 Å². The van der Waals surface area contributed by atoms with E-state index in [0.717, 1.165) is 22.6 Å². The predicted molar refractivity (Wildman–Crippen MR) is 120 cm³/mol. The summed E-state index contributed by atoms with van der Waals surface area (Å²) >= 11 is 0. The standard InChI is InChI=1S/C26H27NO4/c1-26(2)16-23(22-13-12-20(29-3)15-24(22)31-26)27-25(28)19-10-7-11-21(14-19)30-17-18-8-5-4-6-9-18/h4-15,23H,16-17H2,1-3H3,(H,27,28). The quantitative estimate of drug-likeness (QED) is 0.591. The maximum absolute atomic E-state index is 13.1. The molecule has 31 heavy (non-hydrogen) atoms. The average molecular weight is 418 g/mol. The number of hydrogen-bond donors (Lipinski definition) is 1. The Bertz CT molecular complexity index is 1060. The van der Waals surface area contributed by atoms with Crippen molar-refractivity contribution in [2.75, 3.05) is 7.11 Å². The minimum Gasteiger partial charge on any atom is -0.497 e. The number of rotatable bonds is 6. The molecule has 3 aromatic rings. The van der Waals surface area contributed by atoms with Gasteiger partial charge in [-0.05, 0) is 49.7 Å². The number of ether oxygens (including phenoxy) is 3. The molecule has 0 bridgehead atoms. The van der Waals surface area contributed by atoms with Gasteiger partial charge >= 0.3 is 0 Å². The maximum Gasteiger partial charge on any atom is 0.251 e. The Hall–Kier alpha value is -3.47. The summed E-state index contributed by atoms with van der Waals surface area (Å²) in [6, 6.07) is 22.8. The fourth-order valence-electron chi connectivity index (χ4n) is 3.80. The molecule has 3 aromatic carbocycles. The average Bonchev–Trinajstić information content (AvgIpc) is 2.77. The van der Waals surface area contributed by atoms with E-state index >= 15 is 0 Å². The number of carbonyl (C=O) groups is 1. The summed E-state index contributed by atoms with van der Waals surface area (Å²) in [5.74, 6) is 1.98. The summed E-state index contributed by atoms with van der Waals surface area (Å²) < 4.78 is 17.3.